The minimum atomic E-state index is -0.593. The molecule has 1 aliphatic heterocycles. The van der Waals surface area contributed by atoms with Gasteiger partial charge >= 0.3 is 5.97 Å². The van der Waals surface area contributed by atoms with E-state index >= 15 is 0 Å². The lowest BCUT2D eigenvalue weighted by atomic mass is 9.88. The van der Waals surface area contributed by atoms with Gasteiger partial charge in [0, 0.05) is 12.0 Å². The maximum atomic E-state index is 12.3. The van der Waals surface area contributed by atoms with E-state index in [-0.39, 0.29) is 30.8 Å². The van der Waals surface area contributed by atoms with Crippen molar-refractivity contribution in [1.82, 2.24) is 5.32 Å². The second kappa shape index (κ2) is 8.38. The number of hydrogen-bond acceptors (Lipinski definition) is 5. The van der Waals surface area contributed by atoms with Crippen LogP contribution >= 0.6 is 0 Å². The van der Waals surface area contributed by atoms with Crippen molar-refractivity contribution in [3.8, 4) is 11.5 Å². The SMILES string of the molecule is CC1(C)Cc2cccc(OCC(=O)OCC(=O)N[C@@H]3CCCc4ccccc43)c2O1. The molecule has 1 aliphatic carbocycles. The van der Waals surface area contributed by atoms with E-state index in [0.717, 1.165) is 36.8 Å². The number of amides is 1. The molecule has 0 unspecified atom stereocenters. The molecule has 0 aromatic heterocycles. The zero-order valence-electron chi connectivity index (χ0n) is 17.4. The molecular weight excluding hydrogens is 382 g/mol. The first-order valence-corrected chi connectivity index (χ1v) is 10.4. The fraction of sp³-hybridized carbons (Fsp3) is 0.417. The molecule has 1 atom stereocenters. The van der Waals surface area contributed by atoms with E-state index in [4.69, 9.17) is 14.2 Å². The molecule has 158 valence electrons. The van der Waals surface area contributed by atoms with Crippen molar-refractivity contribution in [2.24, 2.45) is 0 Å². The normalized spacial score (nSPS) is 18.5. The number of fused-ring (bicyclic) bond motifs is 2. The standard InChI is InChI=1S/C24H27NO5/c1-24(2)13-17-9-6-12-20(23(17)30-24)28-15-22(27)29-14-21(26)25-19-11-5-8-16-7-3-4-10-18(16)19/h3-4,6-7,9-10,12,19H,5,8,11,13-15H2,1-2H3,(H,25,26)/t19-/m1/s1. The first kappa shape index (κ1) is 20.3. The van der Waals surface area contributed by atoms with E-state index in [1.54, 1.807) is 6.07 Å². The third-order valence-corrected chi connectivity index (χ3v) is 5.47. The summed E-state index contributed by atoms with van der Waals surface area (Å²) < 4.78 is 16.6. The molecule has 0 radical (unpaired) electrons. The molecule has 0 saturated carbocycles. The molecule has 6 nitrogen and oxygen atoms in total. The number of ether oxygens (including phenoxy) is 3. The van der Waals surface area contributed by atoms with Crippen molar-refractivity contribution in [3.05, 3.63) is 59.2 Å². The number of aryl methyl sites for hydroxylation is 1. The Morgan fingerprint density at radius 2 is 1.90 bits per heavy atom. The van der Waals surface area contributed by atoms with Crippen LogP contribution in [0, 0.1) is 0 Å². The summed E-state index contributed by atoms with van der Waals surface area (Å²) in [6.45, 7) is 3.42. The molecule has 1 N–H and O–H groups in total. The first-order valence-electron chi connectivity index (χ1n) is 10.4. The summed E-state index contributed by atoms with van der Waals surface area (Å²) in [5.41, 5.74) is 3.17. The molecule has 0 saturated heterocycles. The van der Waals surface area contributed by atoms with Crippen molar-refractivity contribution in [3.63, 3.8) is 0 Å². The number of nitrogens with one attached hydrogen (secondary N) is 1. The maximum absolute atomic E-state index is 12.3. The van der Waals surface area contributed by atoms with Crippen LogP contribution in [0.25, 0.3) is 0 Å². The summed E-state index contributed by atoms with van der Waals surface area (Å²) >= 11 is 0. The van der Waals surface area contributed by atoms with Gasteiger partial charge in [0.15, 0.2) is 24.7 Å². The van der Waals surface area contributed by atoms with Gasteiger partial charge in [-0.05, 0) is 50.3 Å². The Bertz CT molecular complexity index is 952. The topological polar surface area (TPSA) is 73.9 Å². The highest BCUT2D eigenvalue weighted by Crippen LogP contribution is 2.41. The number of benzene rings is 2. The van der Waals surface area contributed by atoms with Gasteiger partial charge in [0.25, 0.3) is 5.91 Å². The van der Waals surface area contributed by atoms with Gasteiger partial charge < -0.3 is 19.5 Å². The maximum Gasteiger partial charge on any atom is 0.344 e. The van der Waals surface area contributed by atoms with Crippen molar-refractivity contribution >= 4 is 11.9 Å². The first-order chi connectivity index (χ1) is 14.4. The quantitative estimate of drug-likeness (QED) is 0.739. The van der Waals surface area contributed by atoms with Crippen LogP contribution in [0.5, 0.6) is 11.5 Å². The highest BCUT2D eigenvalue weighted by molar-refractivity contribution is 5.81. The number of para-hydroxylation sites is 1. The number of rotatable bonds is 6. The van der Waals surface area contributed by atoms with Crippen LogP contribution in [-0.2, 0) is 27.2 Å². The molecule has 6 heteroatoms. The third kappa shape index (κ3) is 4.58. The highest BCUT2D eigenvalue weighted by atomic mass is 16.6. The molecule has 0 spiro atoms. The Morgan fingerprint density at radius 1 is 1.10 bits per heavy atom. The van der Waals surface area contributed by atoms with Crippen molar-refractivity contribution in [1.29, 1.82) is 0 Å². The average Bonchev–Trinajstić information content (AvgIpc) is 3.05. The van der Waals surface area contributed by atoms with Crippen LogP contribution in [0.3, 0.4) is 0 Å². The molecule has 2 aliphatic rings. The van der Waals surface area contributed by atoms with Gasteiger partial charge in [-0.2, -0.15) is 0 Å². The summed E-state index contributed by atoms with van der Waals surface area (Å²) in [5, 5.41) is 2.97. The van der Waals surface area contributed by atoms with Crippen LogP contribution in [0.4, 0.5) is 0 Å². The van der Waals surface area contributed by atoms with Gasteiger partial charge in [0.1, 0.15) is 5.60 Å². The minimum Gasteiger partial charge on any atom is -0.483 e. The molecule has 1 amide bonds. The Kier molecular flexibility index (Phi) is 5.66. The van der Waals surface area contributed by atoms with E-state index < -0.39 is 5.97 Å². The Balaban J connectivity index is 1.26. The number of esters is 1. The van der Waals surface area contributed by atoms with Gasteiger partial charge in [0.05, 0.1) is 6.04 Å². The van der Waals surface area contributed by atoms with Gasteiger partial charge in [-0.25, -0.2) is 4.79 Å². The van der Waals surface area contributed by atoms with Crippen LogP contribution < -0.4 is 14.8 Å². The minimum absolute atomic E-state index is 0.0372. The number of hydrogen-bond donors (Lipinski definition) is 1. The van der Waals surface area contributed by atoms with E-state index in [0.29, 0.717) is 11.5 Å². The van der Waals surface area contributed by atoms with Crippen molar-refractivity contribution < 1.29 is 23.8 Å². The highest BCUT2D eigenvalue weighted by Gasteiger charge is 2.32. The van der Waals surface area contributed by atoms with Crippen LogP contribution in [0.15, 0.2) is 42.5 Å². The Morgan fingerprint density at radius 3 is 2.77 bits per heavy atom. The van der Waals surface area contributed by atoms with E-state index in [1.165, 1.54) is 5.56 Å². The molecular formula is C24H27NO5. The molecule has 2 aromatic carbocycles. The second-order valence-corrected chi connectivity index (χ2v) is 8.44. The monoisotopic (exact) mass is 409 g/mol. The van der Waals surface area contributed by atoms with Crippen LogP contribution in [-0.4, -0.2) is 30.7 Å². The predicted molar refractivity (Wildman–Crippen MR) is 112 cm³/mol. The smallest absolute Gasteiger partial charge is 0.344 e. The van der Waals surface area contributed by atoms with Gasteiger partial charge in [-0.3, -0.25) is 4.79 Å². The van der Waals surface area contributed by atoms with E-state index in [1.807, 2.05) is 44.2 Å². The largest absolute Gasteiger partial charge is 0.483 e. The Labute approximate surface area is 176 Å². The zero-order valence-corrected chi connectivity index (χ0v) is 17.4. The van der Waals surface area contributed by atoms with E-state index in [9.17, 15) is 9.59 Å². The van der Waals surface area contributed by atoms with Crippen molar-refractivity contribution in [2.45, 2.75) is 51.2 Å². The predicted octanol–water partition coefficient (Wildman–Crippen LogP) is 3.52. The summed E-state index contributed by atoms with van der Waals surface area (Å²) in [6, 6.07) is 13.7. The van der Waals surface area contributed by atoms with Crippen LogP contribution in [0.2, 0.25) is 0 Å². The number of carbonyl (C=O) groups excluding carboxylic acids is 2. The molecule has 1 heterocycles. The fourth-order valence-corrected chi connectivity index (χ4v) is 4.17. The molecule has 30 heavy (non-hydrogen) atoms. The average molecular weight is 409 g/mol. The molecule has 2 aromatic rings. The zero-order chi connectivity index (χ0) is 21.1. The molecule has 0 bridgehead atoms. The Hall–Kier alpha value is -3.02. The summed E-state index contributed by atoms with van der Waals surface area (Å²) in [4.78, 5) is 24.3. The molecule has 0 fully saturated rings. The lowest BCUT2D eigenvalue weighted by Crippen LogP contribution is -2.34. The lowest BCUT2D eigenvalue weighted by molar-refractivity contribution is -0.150. The lowest BCUT2D eigenvalue weighted by Gasteiger charge is -2.26. The van der Waals surface area contributed by atoms with Gasteiger partial charge in [-0.1, -0.05) is 36.4 Å². The van der Waals surface area contributed by atoms with E-state index in [2.05, 4.69) is 11.4 Å². The third-order valence-electron chi connectivity index (χ3n) is 5.47. The van der Waals surface area contributed by atoms with Gasteiger partial charge in [0.2, 0.25) is 0 Å². The van der Waals surface area contributed by atoms with Gasteiger partial charge in [-0.15, -0.1) is 0 Å². The second-order valence-electron chi connectivity index (χ2n) is 8.44. The molecule has 4 rings (SSSR count). The summed E-state index contributed by atoms with van der Waals surface area (Å²) in [5.74, 6) is 0.280. The summed E-state index contributed by atoms with van der Waals surface area (Å²) in [7, 11) is 0. The van der Waals surface area contributed by atoms with Crippen LogP contribution in [0.1, 0.15) is 49.4 Å². The summed E-state index contributed by atoms with van der Waals surface area (Å²) in [6.07, 6.45) is 3.72. The van der Waals surface area contributed by atoms with Crippen molar-refractivity contribution in [2.75, 3.05) is 13.2 Å². The fourth-order valence-electron chi connectivity index (χ4n) is 4.17. The number of carbonyl (C=O) groups is 2.